The SMILES string of the molecule is CCn1cc(C(=O)Nc2cnn(COc3ccc(C)cc3C)c2)c(C)n1. The molecule has 0 saturated carbocycles. The smallest absolute Gasteiger partial charge is 0.259 e. The third-order valence-corrected chi connectivity index (χ3v) is 4.09. The summed E-state index contributed by atoms with van der Waals surface area (Å²) in [6, 6.07) is 6.03. The lowest BCUT2D eigenvalue weighted by molar-refractivity contribution is 0.102. The monoisotopic (exact) mass is 353 g/mol. The predicted molar refractivity (Wildman–Crippen MR) is 99.4 cm³/mol. The minimum Gasteiger partial charge on any atom is -0.471 e. The molecule has 0 atom stereocenters. The molecular weight excluding hydrogens is 330 g/mol. The van der Waals surface area contributed by atoms with E-state index in [1.807, 2.05) is 39.8 Å². The second-order valence-electron chi connectivity index (χ2n) is 6.25. The Morgan fingerprint density at radius 2 is 2.00 bits per heavy atom. The Bertz CT molecular complexity index is 926. The van der Waals surface area contributed by atoms with Gasteiger partial charge in [0.25, 0.3) is 5.91 Å². The van der Waals surface area contributed by atoms with Crippen LogP contribution in [0, 0.1) is 20.8 Å². The number of aromatic nitrogens is 4. The van der Waals surface area contributed by atoms with Crippen LogP contribution in [0.3, 0.4) is 0 Å². The summed E-state index contributed by atoms with van der Waals surface area (Å²) in [6.45, 7) is 8.85. The van der Waals surface area contributed by atoms with Gasteiger partial charge >= 0.3 is 0 Å². The van der Waals surface area contributed by atoms with E-state index in [1.54, 1.807) is 28.0 Å². The zero-order valence-corrected chi connectivity index (χ0v) is 15.5. The van der Waals surface area contributed by atoms with Crippen LogP contribution in [0.4, 0.5) is 5.69 Å². The van der Waals surface area contributed by atoms with Gasteiger partial charge in [-0.1, -0.05) is 17.7 Å². The van der Waals surface area contributed by atoms with E-state index in [0.29, 0.717) is 16.9 Å². The van der Waals surface area contributed by atoms with Gasteiger partial charge in [-0.05, 0) is 39.3 Å². The maximum Gasteiger partial charge on any atom is 0.259 e. The summed E-state index contributed by atoms with van der Waals surface area (Å²) >= 11 is 0. The van der Waals surface area contributed by atoms with Crippen LogP contribution in [-0.4, -0.2) is 25.5 Å². The van der Waals surface area contributed by atoms with E-state index in [4.69, 9.17) is 4.74 Å². The lowest BCUT2D eigenvalue weighted by Gasteiger charge is -2.09. The van der Waals surface area contributed by atoms with Crippen LogP contribution in [0.2, 0.25) is 0 Å². The molecule has 0 aliphatic heterocycles. The molecule has 0 aliphatic carbocycles. The number of hydrogen-bond acceptors (Lipinski definition) is 4. The van der Waals surface area contributed by atoms with Crippen LogP contribution < -0.4 is 10.1 Å². The first-order chi connectivity index (χ1) is 12.5. The zero-order chi connectivity index (χ0) is 18.7. The molecule has 3 rings (SSSR count). The van der Waals surface area contributed by atoms with Gasteiger partial charge in [0, 0.05) is 12.7 Å². The van der Waals surface area contributed by atoms with Crippen LogP contribution in [0.5, 0.6) is 5.75 Å². The van der Waals surface area contributed by atoms with Crippen molar-refractivity contribution in [3.8, 4) is 5.75 Å². The number of anilines is 1. The van der Waals surface area contributed by atoms with Gasteiger partial charge in [-0.15, -0.1) is 0 Å². The number of rotatable bonds is 6. The Hall–Kier alpha value is -3.09. The van der Waals surface area contributed by atoms with Crippen molar-refractivity contribution >= 4 is 11.6 Å². The molecule has 0 saturated heterocycles. The highest BCUT2D eigenvalue weighted by Crippen LogP contribution is 2.19. The van der Waals surface area contributed by atoms with Crippen molar-refractivity contribution in [1.82, 2.24) is 19.6 Å². The van der Waals surface area contributed by atoms with E-state index < -0.39 is 0 Å². The third-order valence-electron chi connectivity index (χ3n) is 4.09. The predicted octanol–water partition coefficient (Wildman–Crippen LogP) is 3.31. The fourth-order valence-electron chi connectivity index (χ4n) is 2.70. The summed E-state index contributed by atoms with van der Waals surface area (Å²) in [4.78, 5) is 12.4. The van der Waals surface area contributed by atoms with E-state index in [0.717, 1.165) is 17.9 Å². The molecule has 2 heterocycles. The van der Waals surface area contributed by atoms with Crippen molar-refractivity contribution in [2.75, 3.05) is 5.32 Å². The van der Waals surface area contributed by atoms with E-state index in [1.165, 1.54) is 5.56 Å². The lowest BCUT2D eigenvalue weighted by Crippen LogP contribution is -2.12. The highest BCUT2D eigenvalue weighted by molar-refractivity contribution is 6.04. The average Bonchev–Trinajstić information content (AvgIpc) is 3.20. The molecule has 2 aromatic heterocycles. The highest BCUT2D eigenvalue weighted by Gasteiger charge is 2.14. The summed E-state index contributed by atoms with van der Waals surface area (Å²) in [5, 5.41) is 11.4. The lowest BCUT2D eigenvalue weighted by atomic mass is 10.1. The van der Waals surface area contributed by atoms with Crippen LogP contribution in [0.1, 0.15) is 34.1 Å². The van der Waals surface area contributed by atoms with Crippen molar-refractivity contribution in [3.05, 3.63) is 59.2 Å². The first kappa shape index (κ1) is 17.7. The molecule has 1 amide bonds. The van der Waals surface area contributed by atoms with Gasteiger partial charge in [-0.2, -0.15) is 10.2 Å². The number of benzene rings is 1. The molecule has 0 aliphatic rings. The fourth-order valence-corrected chi connectivity index (χ4v) is 2.70. The number of ether oxygens (including phenoxy) is 1. The van der Waals surface area contributed by atoms with Gasteiger partial charge in [0.05, 0.1) is 29.3 Å². The molecule has 1 N–H and O–H groups in total. The maximum atomic E-state index is 12.4. The molecule has 0 radical (unpaired) electrons. The number of aryl methyl sites for hydroxylation is 4. The highest BCUT2D eigenvalue weighted by atomic mass is 16.5. The quantitative estimate of drug-likeness (QED) is 0.738. The second kappa shape index (κ2) is 7.43. The van der Waals surface area contributed by atoms with E-state index in [9.17, 15) is 4.79 Å². The van der Waals surface area contributed by atoms with E-state index in [-0.39, 0.29) is 12.6 Å². The number of carbonyl (C=O) groups is 1. The molecule has 26 heavy (non-hydrogen) atoms. The molecule has 3 aromatic rings. The summed E-state index contributed by atoms with van der Waals surface area (Å²) in [5.41, 5.74) is 4.15. The molecule has 0 bridgehead atoms. The molecule has 7 nitrogen and oxygen atoms in total. The van der Waals surface area contributed by atoms with Crippen molar-refractivity contribution < 1.29 is 9.53 Å². The third kappa shape index (κ3) is 3.93. The fraction of sp³-hybridized carbons (Fsp3) is 0.316. The Morgan fingerprint density at radius 1 is 1.19 bits per heavy atom. The van der Waals surface area contributed by atoms with Crippen molar-refractivity contribution in [2.24, 2.45) is 0 Å². The van der Waals surface area contributed by atoms with Gasteiger partial charge in [-0.25, -0.2) is 4.68 Å². The summed E-state index contributed by atoms with van der Waals surface area (Å²) in [6.07, 6.45) is 5.09. The van der Waals surface area contributed by atoms with Gasteiger partial charge in [0.1, 0.15) is 5.75 Å². The van der Waals surface area contributed by atoms with Crippen molar-refractivity contribution in [1.29, 1.82) is 0 Å². The first-order valence-corrected chi connectivity index (χ1v) is 8.54. The number of nitrogens with zero attached hydrogens (tertiary/aromatic N) is 4. The Kier molecular flexibility index (Phi) is 5.06. The molecule has 7 heteroatoms. The summed E-state index contributed by atoms with van der Waals surface area (Å²) < 4.78 is 9.17. The van der Waals surface area contributed by atoms with Crippen LogP contribution >= 0.6 is 0 Å². The first-order valence-electron chi connectivity index (χ1n) is 8.54. The van der Waals surface area contributed by atoms with Crippen LogP contribution in [-0.2, 0) is 13.3 Å². The van der Waals surface area contributed by atoms with Gasteiger partial charge in [0.2, 0.25) is 0 Å². The summed E-state index contributed by atoms with van der Waals surface area (Å²) in [7, 11) is 0. The standard InChI is InChI=1S/C19H23N5O2/c1-5-23-11-17(15(4)22-23)19(25)21-16-9-20-24(10-16)12-26-18-7-6-13(2)8-14(18)3/h6-11H,5,12H2,1-4H3,(H,21,25). The Labute approximate surface area is 152 Å². The molecular formula is C19H23N5O2. The molecule has 1 aromatic carbocycles. The summed E-state index contributed by atoms with van der Waals surface area (Å²) in [5.74, 6) is 0.622. The van der Waals surface area contributed by atoms with Crippen LogP contribution in [0.25, 0.3) is 0 Å². The van der Waals surface area contributed by atoms with E-state index >= 15 is 0 Å². The Morgan fingerprint density at radius 3 is 2.69 bits per heavy atom. The number of hydrogen-bond donors (Lipinski definition) is 1. The molecule has 136 valence electrons. The normalized spacial score (nSPS) is 10.8. The van der Waals surface area contributed by atoms with Crippen LogP contribution in [0.15, 0.2) is 36.8 Å². The second-order valence-corrected chi connectivity index (χ2v) is 6.25. The molecule has 0 fully saturated rings. The maximum absolute atomic E-state index is 12.4. The van der Waals surface area contributed by atoms with Crippen molar-refractivity contribution in [2.45, 2.75) is 41.0 Å². The van der Waals surface area contributed by atoms with Crippen molar-refractivity contribution in [3.63, 3.8) is 0 Å². The van der Waals surface area contributed by atoms with Gasteiger partial charge in [-0.3, -0.25) is 9.48 Å². The Balaban J connectivity index is 1.62. The topological polar surface area (TPSA) is 74.0 Å². The average molecular weight is 353 g/mol. The molecule has 0 spiro atoms. The number of amides is 1. The number of nitrogens with one attached hydrogen (secondary N) is 1. The van der Waals surface area contributed by atoms with Gasteiger partial charge in [0.15, 0.2) is 6.73 Å². The number of carbonyl (C=O) groups excluding carboxylic acids is 1. The van der Waals surface area contributed by atoms with E-state index in [2.05, 4.69) is 21.6 Å². The zero-order valence-electron chi connectivity index (χ0n) is 15.5. The minimum absolute atomic E-state index is 0.197. The molecule has 0 unspecified atom stereocenters. The largest absolute Gasteiger partial charge is 0.471 e. The minimum atomic E-state index is -0.197. The van der Waals surface area contributed by atoms with Gasteiger partial charge < -0.3 is 10.1 Å².